The van der Waals surface area contributed by atoms with Gasteiger partial charge in [0, 0.05) is 23.0 Å². The molecule has 0 aromatic rings. The predicted molar refractivity (Wildman–Crippen MR) is 105 cm³/mol. The number of hydrogen-bond acceptors (Lipinski definition) is 7. The molecule has 7 nitrogen and oxygen atoms in total. The van der Waals surface area contributed by atoms with Crippen LogP contribution in [0.1, 0.15) is 47.0 Å². The number of ether oxygens (including phenoxy) is 3. The van der Waals surface area contributed by atoms with Crippen molar-refractivity contribution in [2.45, 2.75) is 53.1 Å². The molecule has 160 valence electrons. The molecular weight excluding hydrogens is 376 g/mol. The standard InChI is InChI=1S/C22H30O7/c1-7-12(2)19(24)29-17-9-8-14-10-16(23)15(13(3)20(25)27-5)11-22(14,4)18(17)21(26)28-6/h7,11,13-14,17-18H,8-10H2,1-6H3/b12-7-/t13?,14-,17+,18-,22+/m1/s1. The first-order chi connectivity index (χ1) is 13.6. The summed E-state index contributed by atoms with van der Waals surface area (Å²) < 4.78 is 15.5. The van der Waals surface area contributed by atoms with Gasteiger partial charge in [0.1, 0.15) is 12.0 Å². The average molecular weight is 406 g/mol. The molecule has 1 unspecified atom stereocenters. The van der Waals surface area contributed by atoms with Crippen LogP contribution in [0.5, 0.6) is 0 Å². The van der Waals surface area contributed by atoms with Crippen LogP contribution < -0.4 is 0 Å². The maximum absolute atomic E-state index is 12.8. The molecule has 1 fully saturated rings. The van der Waals surface area contributed by atoms with Crippen LogP contribution in [0.15, 0.2) is 23.3 Å². The van der Waals surface area contributed by atoms with Crippen LogP contribution in [0.25, 0.3) is 0 Å². The van der Waals surface area contributed by atoms with Gasteiger partial charge in [-0.05, 0) is 39.5 Å². The molecule has 7 heteroatoms. The largest absolute Gasteiger partial charge is 0.469 e. The van der Waals surface area contributed by atoms with Gasteiger partial charge in [-0.3, -0.25) is 14.4 Å². The molecule has 1 saturated carbocycles. The van der Waals surface area contributed by atoms with Gasteiger partial charge in [-0.1, -0.05) is 19.1 Å². The molecule has 0 heterocycles. The van der Waals surface area contributed by atoms with Crippen LogP contribution >= 0.6 is 0 Å². The van der Waals surface area contributed by atoms with Crippen LogP contribution in [0, 0.1) is 23.2 Å². The Kier molecular flexibility index (Phi) is 7.03. The van der Waals surface area contributed by atoms with Crippen molar-refractivity contribution in [1.29, 1.82) is 0 Å². The molecule has 29 heavy (non-hydrogen) atoms. The summed E-state index contributed by atoms with van der Waals surface area (Å²) in [6.07, 6.45) is 4.01. The summed E-state index contributed by atoms with van der Waals surface area (Å²) in [6, 6.07) is 0. The predicted octanol–water partition coefficient (Wildman–Crippen LogP) is 2.78. The van der Waals surface area contributed by atoms with E-state index in [9.17, 15) is 19.2 Å². The van der Waals surface area contributed by atoms with Crippen molar-refractivity contribution in [2.75, 3.05) is 14.2 Å². The molecule has 0 N–H and O–H groups in total. The van der Waals surface area contributed by atoms with Crippen LogP contribution in [-0.2, 0) is 33.4 Å². The van der Waals surface area contributed by atoms with Gasteiger partial charge in [0.05, 0.1) is 20.1 Å². The van der Waals surface area contributed by atoms with Crippen molar-refractivity contribution in [1.82, 2.24) is 0 Å². The number of ketones is 1. The van der Waals surface area contributed by atoms with E-state index in [1.165, 1.54) is 14.2 Å². The fourth-order valence-electron chi connectivity index (χ4n) is 4.46. The smallest absolute Gasteiger partial charge is 0.333 e. The second-order valence-corrected chi connectivity index (χ2v) is 8.03. The molecule has 5 atom stereocenters. The Morgan fingerprint density at radius 3 is 2.41 bits per heavy atom. The van der Waals surface area contributed by atoms with E-state index in [1.54, 1.807) is 32.9 Å². The van der Waals surface area contributed by atoms with Crippen molar-refractivity contribution in [3.8, 4) is 0 Å². The van der Waals surface area contributed by atoms with Crippen LogP contribution in [0.4, 0.5) is 0 Å². The SMILES string of the molecule is C/C=C(/C)C(=O)O[C@H]1CC[C@@H]2CC(=O)C(C(C)C(=O)OC)=C[C@]2(C)[C@H]1C(=O)OC. The monoisotopic (exact) mass is 406 g/mol. The minimum Gasteiger partial charge on any atom is -0.469 e. The number of methoxy groups -OCH3 is 2. The first-order valence-corrected chi connectivity index (χ1v) is 9.86. The third kappa shape index (κ3) is 4.28. The van der Waals surface area contributed by atoms with Gasteiger partial charge >= 0.3 is 17.9 Å². The van der Waals surface area contributed by atoms with Crippen LogP contribution in [0.3, 0.4) is 0 Å². The van der Waals surface area contributed by atoms with Gasteiger partial charge in [-0.15, -0.1) is 0 Å². The zero-order valence-corrected chi connectivity index (χ0v) is 17.9. The molecule has 0 saturated heterocycles. The third-order valence-electron chi connectivity index (χ3n) is 6.43. The third-order valence-corrected chi connectivity index (χ3v) is 6.43. The van der Waals surface area contributed by atoms with Gasteiger partial charge in [-0.25, -0.2) is 4.79 Å². The topological polar surface area (TPSA) is 96.0 Å². The zero-order chi connectivity index (χ0) is 21.9. The van der Waals surface area contributed by atoms with E-state index >= 15 is 0 Å². The van der Waals surface area contributed by atoms with Gasteiger partial charge in [-0.2, -0.15) is 0 Å². The summed E-state index contributed by atoms with van der Waals surface area (Å²) in [7, 11) is 2.56. The first kappa shape index (κ1) is 22.8. The number of Topliss-reactive ketones (excluding diaryl/α,β-unsaturated/α-hetero) is 1. The van der Waals surface area contributed by atoms with Crippen molar-refractivity contribution in [3.05, 3.63) is 23.3 Å². The lowest BCUT2D eigenvalue weighted by molar-refractivity contribution is -0.172. The first-order valence-electron chi connectivity index (χ1n) is 9.86. The highest BCUT2D eigenvalue weighted by atomic mass is 16.6. The lowest BCUT2D eigenvalue weighted by atomic mass is 9.55. The Morgan fingerprint density at radius 2 is 1.86 bits per heavy atom. The molecule has 0 radical (unpaired) electrons. The normalized spacial score (nSPS) is 30.6. The van der Waals surface area contributed by atoms with Crippen molar-refractivity contribution in [3.63, 3.8) is 0 Å². The number of allylic oxidation sites excluding steroid dienone is 2. The van der Waals surface area contributed by atoms with Crippen molar-refractivity contribution < 1.29 is 33.4 Å². The zero-order valence-electron chi connectivity index (χ0n) is 17.9. The van der Waals surface area contributed by atoms with E-state index < -0.39 is 41.3 Å². The van der Waals surface area contributed by atoms with E-state index in [0.29, 0.717) is 24.0 Å². The van der Waals surface area contributed by atoms with E-state index in [2.05, 4.69) is 0 Å². The van der Waals surface area contributed by atoms with Gasteiger partial charge < -0.3 is 14.2 Å². The summed E-state index contributed by atoms with van der Waals surface area (Å²) >= 11 is 0. The fourth-order valence-corrected chi connectivity index (χ4v) is 4.46. The molecular formula is C22H30O7. The Bertz CT molecular complexity index is 763. The summed E-state index contributed by atoms with van der Waals surface area (Å²) in [5.41, 5.74) is 0.00225. The van der Waals surface area contributed by atoms with Gasteiger partial charge in [0.25, 0.3) is 0 Å². The number of hydrogen-bond donors (Lipinski definition) is 0. The maximum Gasteiger partial charge on any atom is 0.333 e. The quantitative estimate of drug-likeness (QED) is 0.393. The summed E-state index contributed by atoms with van der Waals surface area (Å²) in [5.74, 6) is -3.22. The van der Waals surface area contributed by atoms with E-state index in [1.807, 2.05) is 6.92 Å². The highest BCUT2D eigenvalue weighted by Gasteiger charge is 2.55. The average Bonchev–Trinajstić information content (AvgIpc) is 2.71. The van der Waals surface area contributed by atoms with E-state index in [0.717, 1.165) is 0 Å². The Balaban J connectivity index is 2.49. The molecule has 2 rings (SSSR count). The highest BCUT2D eigenvalue weighted by Crippen LogP contribution is 2.53. The number of rotatable bonds is 5. The molecule has 2 aliphatic rings. The maximum atomic E-state index is 12.8. The molecule has 0 aromatic heterocycles. The second-order valence-electron chi connectivity index (χ2n) is 8.03. The fraction of sp³-hybridized carbons (Fsp3) is 0.636. The Hall–Kier alpha value is -2.44. The number of carbonyl (C=O) groups excluding carboxylic acids is 4. The lowest BCUT2D eigenvalue weighted by Gasteiger charge is -2.49. The minimum atomic E-state index is -0.786. The summed E-state index contributed by atoms with van der Waals surface area (Å²) in [6.45, 7) is 6.88. The Labute approximate surface area is 171 Å². The molecule has 2 aliphatic carbocycles. The highest BCUT2D eigenvalue weighted by molar-refractivity contribution is 6.01. The molecule has 0 amide bonds. The second kappa shape index (κ2) is 8.93. The molecule has 0 aliphatic heterocycles. The Morgan fingerprint density at radius 1 is 1.21 bits per heavy atom. The van der Waals surface area contributed by atoms with E-state index in [4.69, 9.17) is 14.2 Å². The van der Waals surface area contributed by atoms with Gasteiger partial charge in [0.2, 0.25) is 0 Å². The lowest BCUT2D eigenvalue weighted by Crippen LogP contribution is -2.53. The van der Waals surface area contributed by atoms with Crippen LogP contribution in [-0.4, -0.2) is 44.0 Å². The summed E-state index contributed by atoms with van der Waals surface area (Å²) in [5, 5.41) is 0. The molecule has 0 aromatic carbocycles. The van der Waals surface area contributed by atoms with Gasteiger partial charge in [0.15, 0.2) is 5.78 Å². The van der Waals surface area contributed by atoms with Crippen molar-refractivity contribution >= 4 is 23.7 Å². The molecule has 0 bridgehead atoms. The van der Waals surface area contributed by atoms with Crippen LogP contribution in [0.2, 0.25) is 0 Å². The summed E-state index contributed by atoms with van der Waals surface area (Å²) in [4.78, 5) is 49.8. The minimum absolute atomic E-state index is 0.106. The number of fused-ring (bicyclic) bond motifs is 1. The van der Waals surface area contributed by atoms with Crippen molar-refractivity contribution in [2.24, 2.45) is 23.2 Å². The molecule has 0 spiro atoms. The van der Waals surface area contributed by atoms with E-state index in [-0.39, 0.29) is 18.1 Å². The number of carbonyl (C=O) groups is 4. The number of esters is 3.